The first-order valence-electron chi connectivity index (χ1n) is 7.55. The number of halogens is 1. The van der Waals surface area contributed by atoms with Crippen LogP contribution >= 0.6 is 11.6 Å². The van der Waals surface area contributed by atoms with Crippen LogP contribution in [0.4, 0.5) is 5.95 Å². The third-order valence-electron chi connectivity index (χ3n) is 3.62. The minimum atomic E-state index is -3.38. The van der Waals surface area contributed by atoms with Crippen LogP contribution in [-0.2, 0) is 16.4 Å². The molecule has 0 aliphatic carbocycles. The Morgan fingerprint density at radius 3 is 2.68 bits per heavy atom. The maximum atomic E-state index is 11.5. The zero-order valence-corrected chi connectivity index (χ0v) is 16.1. The van der Waals surface area contributed by atoms with Crippen molar-refractivity contribution in [1.82, 2.24) is 19.6 Å². The molecule has 0 saturated heterocycles. The van der Waals surface area contributed by atoms with Crippen molar-refractivity contribution < 1.29 is 8.42 Å². The molecule has 2 rings (SSSR count). The number of nitrogens with zero attached hydrogens (tertiary/aromatic N) is 3. The number of nitrogen functional groups attached to an aromatic ring is 1. The monoisotopic (exact) mass is 381 g/mol. The predicted molar refractivity (Wildman–Crippen MR) is 99.1 cm³/mol. The number of allylic oxidation sites excluding steroid dienone is 2. The van der Waals surface area contributed by atoms with Crippen molar-refractivity contribution in [3.8, 4) is 11.8 Å². The largest absolute Gasteiger partial charge is 0.371 e. The van der Waals surface area contributed by atoms with Crippen molar-refractivity contribution in [3.05, 3.63) is 39.5 Å². The normalized spacial score (nSPS) is 14.8. The number of hydrogen-bond acceptors (Lipinski definition) is 6. The van der Waals surface area contributed by atoms with Crippen LogP contribution in [0.5, 0.6) is 0 Å². The summed E-state index contributed by atoms with van der Waals surface area (Å²) in [6.07, 6.45) is 3.45. The highest BCUT2D eigenvalue weighted by atomic mass is 35.5. The van der Waals surface area contributed by atoms with Crippen LogP contribution < -0.4 is 10.5 Å². The van der Waals surface area contributed by atoms with Gasteiger partial charge in [-0.15, -0.1) is 0 Å². The molecule has 0 unspecified atom stereocenters. The van der Waals surface area contributed by atoms with E-state index in [0.29, 0.717) is 29.9 Å². The number of hydrogen-bond donors (Lipinski definition) is 2. The van der Waals surface area contributed by atoms with E-state index in [9.17, 15) is 8.42 Å². The summed E-state index contributed by atoms with van der Waals surface area (Å²) in [6.45, 7) is 4.33. The summed E-state index contributed by atoms with van der Waals surface area (Å²) in [7, 11) is -1.51. The third kappa shape index (κ3) is 4.87. The topological polar surface area (TPSA) is 101 Å². The van der Waals surface area contributed by atoms with Crippen molar-refractivity contribution in [3.63, 3.8) is 0 Å². The van der Waals surface area contributed by atoms with E-state index < -0.39 is 10.0 Å². The number of likely N-dealkylation sites (N-methyl/N-ethyl adjacent to an activating group) is 1. The van der Waals surface area contributed by atoms with Crippen molar-refractivity contribution in [1.29, 1.82) is 0 Å². The second kappa shape index (κ2) is 7.33. The van der Waals surface area contributed by atoms with Gasteiger partial charge in [0.1, 0.15) is 0 Å². The highest BCUT2D eigenvalue weighted by Gasteiger charge is 2.16. The molecule has 0 spiro atoms. The van der Waals surface area contributed by atoms with E-state index in [2.05, 4.69) is 26.5 Å². The summed E-state index contributed by atoms with van der Waals surface area (Å²) in [6, 6.07) is 0. The van der Waals surface area contributed by atoms with Gasteiger partial charge < -0.3 is 10.6 Å². The Kier molecular flexibility index (Phi) is 5.60. The van der Waals surface area contributed by atoms with Crippen molar-refractivity contribution in [2.24, 2.45) is 0 Å². The van der Waals surface area contributed by atoms with Gasteiger partial charge in [-0.1, -0.05) is 30.4 Å². The van der Waals surface area contributed by atoms with Gasteiger partial charge >= 0.3 is 0 Å². The molecule has 1 aromatic rings. The second-order valence-electron chi connectivity index (χ2n) is 5.70. The molecule has 0 atom stereocenters. The molecule has 1 aliphatic heterocycles. The van der Waals surface area contributed by atoms with E-state index >= 15 is 0 Å². The first kappa shape index (κ1) is 19.1. The molecule has 7 nitrogen and oxygen atoms in total. The number of sulfonamides is 1. The summed E-state index contributed by atoms with van der Waals surface area (Å²) in [5, 5.41) is 0.211. The molecule has 2 heterocycles. The molecule has 9 heteroatoms. The number of rotatable bonds is 3. The summed E-state index contributed by atoms with van der Waals surface area (Å²) in [4.78, 5) is 10.0. The van der Waals surface area contributed by atoms with Gasteiger partial charge in [0.2, 0.25) is 16.0 Å². The van der Waals surface area contributed by atoms with Crippen molar-refractivity contribution >= 4 is 27.6 Å². The Balaban J connectivity index is 2.42. The van der Waals surface area contributed by atoms with Crippen molar-refractivity contribution in [2.45, 2.75) is 20.3 Å². The average Bonchev–Trinajstić information content (AvgIpc) is 2.49. The highest BCUT2D eigenvalue weighted by Crippen LogP contribution is 2.20. The molecule has 0 amide bonds. The van der Waals surface area contributed by atoms with Gasteiger partial charge in [-0.25, -0.2) is 13.4 Å². The Labute approximate surface area is 153 Å². The minimum Gasteiger partial charge on any atom is -0.371 e. The predicted octanol–water partition coefficient (Wildman–Crippen LogP) is 1.28. The standard InChI is InChI=1S/C16H20ClN5O2S/c1-5-13-12(15(17)20-16(18)19-13)7-6-11-8-14(21-25(4,23)24)10(2)22(3)9-11/h8,21H,5,9H2,1-4H3,(H2,18,19,20). The quantitative estimate of drug-likeness (QED) is 0.604. The molecule has 0 saturated carbocycles. The molecule has 1 aromatic heterocycles. The smallest absolute Gasteiger partial charge is 0.229 e. The molecular weight excluding hydrogens is 362 g/mol. The van der Waals surface area contributed by atoms with Crippen LogP contribution in [0.25, 0.3) is 0 Å². The van der Waals surface area contributed by atoms with Crippen molar-refractivity contribution in [2.75, 3.05) is 25.6 Å². The molecule has 0 bridgehead atoms. The number of aromatic nitrogens is 2. The highest BCUT2D eigenvalue weighted by molar-refractivity contribution is 7.88. The first-order valence-corrected chi connectivity index (χ1v) is 9.82. The maximum Gasteiger partial charge on any atom is 0.229 e. The van der Waals surface area contributed by atoms with Crippen LogP contribution in [0.15, 0.2) is 23.0 Å². The number of nitrogens with two attached hydrogens (primary N) is 1. The summed E-state index contributed by atoms with van der Waals surface area (Å²) in [5.74, 6) is 6.14. The first-order chi connectivity index (χ1) is 11.6. The summed E-state index contributed by atoms with van der Waals surface area (Å²) >= 11 is 6.13. The van der Waals surface area contributed by atoms with E-state index in [4.69, 9.17) is 17.3 Å². The maximum absolute atomic E-state index is 11.5. The molecule has 3 N–H and O–H groups in total. The zero-order valence-electron chi connectivity index (χ0n) is 14.5. The van der Waals surface area contributed by atoms with Crippen LogP contribution in [-0.4, -0.2) is 43.1 Å². The summed E-state index contributed by atoms with van der Waals surface area (Å²) < 4.78 is 25.6. The van der Waals surface area contributed by atoms with E-state index in [1.807, 2.05) is 25.8 Å². The SMILES string of the molecule is CCc1nc(N)nc(Cl)c1C#CC1=CC(NS(C)(=O)=O)=C(C)N(C)C1. The molecule has 0 aromatic carbocycles. The average molecular weight is 382 g/mol. The fourth-order valence-corrected chi connectivity index (χ4v) is 3.15. The molecule has 25 heavy (non-hydrogen) atoms. The van der Waals surface area contributed by atoms with Gasteiger partial charge in [0, 0.05) is 18.3 Å². The fraction of sp³-hybridized carbons (Fsp3) is 0.375. The minimum absolute atomic E-state index is 0.113. The van der Waals surface area contributed by atoms with E-state index in [1.165, 1.54) is 0 Å². The van der Waals surface area contributed by atoms with E-state index in [0.717, 1.165) is 17.5 Å². The molecule has 0 radical (unpaired) electrons. The van der Waals surface area contributed by atoms with Gasteiger partial charge in [-0.05, 0) is 19.4 Å². The number of nitrogens with one attached hydrogen (secondary N) is 1. The molecule has 134 valence electrons. The molecule has 1 aliphatic rings. The van der Waals surface area contributed by atoms with Crippen LogP contribution in [0, 0.1) is 11.8 Å². The van der Waals surface area contributed by atoms with Crippen LogP contribution in [0.2, 0.25) is 5.15 Å². The van der Waals surface area contributed by atoms with Gasteiger partial charge in [-0.3, -0.25) is 4.72 Å². The van der Waals surface area contributed by atoms with Crippen LogP contribution in [0.3, 0.4) is 0 Å². The third-order valence-corrected chi connectivity index (χ3v) is 4.49. The van der Waals surface area contributed by atoms with E-state index in [1.54, 1.807) is 6.08 Å². The van der Waals surface area contributed by atoms with Gasteiger partial charge in [0.05, 0.1) is 29.8 Å². The lowest BCUT2D eigenvalue weighted by atomic mass is 10.1. The van der Waals surface area contributed by atoms with E-state index in [-0.39, 0.29) is 11.1 Å². The lowest BCUT2D eigenvalue weighted by molar-refractivity contribution is 0.445. The number of aryl methyl sites for hydroxylation is 1. The molecular formula is C16H20ClN5O2S. The Morgan fingerprint density at radius 2 is 2.08 bits per heavy atom. The Bertz CT molecular complexity index is 926. The second-order valence-corrected chi connectivity index (χ2v) is 7.80. The van der Waals surface area contributed by atoms with Gasteiger partial charge in [-0.2, -0.15) is 4.98 Å². The molecule has 0 fully saturated rings. The Morgan fingerprint density at radius 1 is 1.40 bits per heavy atom. The van der Waals surface area contributed by atoms with Gasteiger partial charge in [0.25, 0.3) is 0 Å². The zero-order chi connectivity index (χ0) is 18.8. The van der Waals surface area contributed by atoms with Gasteiger partial charge in [0.15, 0.2) is 5.15 Å². The lowest BCUT2D eigenvalue weighted by Crippen LogP contribution is -2.30. The number of anilines is 1. The lowest BCUT2D eigenvalue weighted by Gasteiger charge is -2.26. The van der Waals surface area contributed by atoms with Crippen LogP contribution in [0.1, 0.15) is 25.1 Å². The summed E-state index contributed by atoms with van der Waals surface area (Å²) in [5.41, 5.74) is 8.88. The fourth-order valence-electron chi connectivity index (χ4n) is 2.30. The Hall–Kier alpha value is -2.24.